The minimum absolute atomic E-state index is 0.0334. The van der Waals surface area contributed by atoms with Crippen LogP contribution < -0.4 is 5.63 Å². The summed E-state index contributed by atoms with van der Waals surface area (Å²) in [5, 5.41) is 1.41. The van der Waals surface area contributed by atoms with Crippen molar-refractivity contribution >= 4 is 38.3 Å². The van der Waals surface area contributed by atoms with Gasteiger partial charge in [0.15, 0.2) is 0 Å². The van der Waals surface area contributed by atoms with E-state index in [-0.39, 0.29) is 11.5 Å². The van der Waals surface area contributed by atoms with Crippen LogP contribution >= 0.6 is 11.3 Å². The zero-order valence-electron chi connectivity index (χ0n) is 12.9. The number of carbonyl (C=O) groups is 1. The summed E-state index contributed by atoms with van der Waals surface area (Å²) < 4.78 is 6.24. The van der Waals surface area contributed by atoms with Gasteiger partial charge >= 0.3 is 5.63 Å². The van der Waals surface area contributed by atoms with Crippen molar-refractivity contribution in [3.63, 3.8) is 0 Å². The van der Waals surface area contributed by atoms with E-state index in [1.165, 1.54) is 17.8 Å². The normalized spacial score (nSPS) is 15.4. The second kappa shape index (κ2) is 5.49. The largest absolute Gasteiger partial charge is 0.422 e. The summed E-state index contributed by atoms with van der Waals surface area (Å²) >= 11 is 1.40. The van der Waals surface area contributed by atoms with Gasteiger partial charge in [0.2, 0.25) is 0 Å². The summed E-state index contributed by atoms with van der Waals surface area (Å²) in [5.74, 6) is 0.0334. The van der Waals surface area contributed by atoms with E-state index in [1.807, 2.05) is 30.0 Å². The molecule has 4 rings (SSSR count). The van der Waals surface area contributed by atoms with Gasteiger partial charge in [0, 0.05) is 18.5 Å². The Bertz CT molecular complexity index is 963. The van der Waals surface area contributed by atoms with Crippen molar-refractivity contribution in [3.05, 3.63) is 45.1 Å². The summed E-state index contributed by atoms with van der Waals surface area (Å²) in [5.41, 5.74) is 1.31. The molecule has 23 heavy (non-hydrogen) atoms. The standard InChI is InChI=1S/C18H17NO3S/c1-11-5-6-14-12(9-11)16-13(18(21)22-14)10-15(23-16)17(20)19-7-3-2-4-8-19/h5-6,9-10H,2-4,7-8H2,1H3. The molecule has 4 nitrogen and oxygen atoms in total. The number of carbonyl (C=O) groups excluding carboxylic acids is 1. The summed E-state index contributed by atoms with van der Waals surface area (Å²) in [4.78, 5) is 27.4. The van der Waals surface area contributed by atoms with E-state index in [0.717, 1.165) is 41.6 Å². The highest BCUT2D eigenvalue weighted by molar-refractivity contribution is 7.21. The number of thiophene rings is 1. The highest BCUT2D eigenvalue weighted by atomic mass is 32.1. The van der Waals surface area contributed by atoms with Crippen molar-refractivity contribution in [3.8, 4) is 0 Å². The molecule has 1 fully saturated rings. The van der Waals surface area contributed by atoms with Crippen LogP contribution in [0.4, 0.5) is 0 Å². The third kappa shape index (κ3) is 2.45. The van der Waals surface area contributed by atoms with Crippen LogP contribution in [-0.4, -0.2) is 23.9 Å². The fraction of sp³-hybridized carbons (Fsp3) is 0.333. The van der Waals surface area contributed by atoms with Gasteiger partial charge in [-0.3, -0.25) is 4.79 Å². The van der Waals surface area contributed by atoms with Gasteiger partial charge in [-0.2, -0.15) is 0 Å². The topological polar surface area (TPSA) is 50.5 Å². The van der Waals surface area contributed by atoms with Gasteiger partial charge in [0.05, 0.1) is 15.0 Å². The maximum Gasteiger partial charge on any atom is 0.345 e. The van der Waals surface area contributed by atoms with E-state index in [1.54, 1.807) is 6.07 Å². The molecule has 1 saturated heterocycles. The summed E-state index contributed by atoms with van der Waals surface area (Å²) in [6, 6.07) is 7.44. The SMILES string of the molecule is Cc1ccc2oc(=O)c3cc(C(=O)N4CCCCC4)sc3c2c1. The number of hydrogen-bond acceptors (Lipinski definition) is 4. The van der Waals surface area contributed by atoms with Crippen molar-refractivity contribution in [1.29, 1.82) is 0 Å². The first kappa shape index (κ1) is 14.5. The molecule has 3 aromatic rings. The zero-order valence-corrected chi connectivity index (χ0v) is 13.7. The molecule has 0 radical (unpaired) electrons. The van der Waals surface area contributed by atoms with E-state index in [2.05, 4.69) is 0 Å². The molecule has 0 atom stereocenters. The molecular weight excluding hydrogens is 310 g/mol. The zero-order chi connectivity index (χ0) is 16.0. The third-order valence-corrected chi connectivity index (χ3v) is 5.54. The van der Waals surface area contributed by atoms with Crippen LogP contribution in [-0.2, 0) is 0 Å². The van der Waals surface area contributed by atoms with Crippen LogP contribution in [0.25, 0.3) is 21.1 Å². The first-order chi connectivity index (χ1) is 11.1. The minimum Gasteiger partial charge on any atom is -0.422 e. The van der Waals surface area contributed by atoms with Gasteiger partial charge in [0.25, 0.3) is 5.91 Å². The second-order valence-electron chi connectivity index (χ2n) is 6.10. The number of rotatable bonds is 1. The second-order valence-corrected chi connectivity index (χ2v) is 7.15. The molecule has 3 heterocycles. The van der Waals surface area contributed by atoms with E-state index in [4.69, 9.17) is 4.42 Å². The molecule has 5 heteroatoms. The molecule has 0 unspecified atom stereocenters. The molecule has 1 aliphatic heterocycles. The van der Waals surface area contributed by atoms with Gasteiger partial charge < -0.3 is 9.32 Å². The van der Waals surface area contributed by atoms with Crippen LogP contribution in [0.2, 0.25) is 0 Å². The first-order valence-electron chi connectivity index (χ1n) is 7.90. The molecule has 0 N–H and O–H groups in total. The lowest BCUT2D eigenvalue weighted by atomic mass is 10.1. The number of piperidine rings is 1. The van der Waals surface area contributed by atoms with Crippen LogP contribution in [0.3, 0.4) is 0 Å². The highest BCUT2D eigenvalue weighted by Gasteiger charge is 2.22. The highest BCUT2D eigenvalue weighted by Crippen LogP contribution is 2.32. The van der Waals surface area contributed by atoms with Crippen molar-refractivity contribution in [1.82, 2.24) is 4.90 Å². The Labute approximate surface area is 137 Å². The summed E-state index contributed by atoms with van der Waals surface area (Å²) in [6.45, 7) is 3.62. The third-order valence-electron chi connectivity index (χ3n) is 4.39. The van der Waals surface area contributed by atoms with E-state index < -0.39 is 0 Å². The van der Waals surface area contributed by atoms with Crippen LogP contribution in [0.15, 0.2) is 33.5 Å². The monoisotopic (exact) mass is 327 g/mol. The molecular formula is C18H17NO3S. The van der Waals surface area contributed by atoms with Gasteiger partial charge in [-0.1, -0.05) is 11.6 Å². The number of fused-ring (bicyclic) bond motifs is 3. The quantitative estimate of drug-likeness (QED) is 0.636. The number of amides is 1. The lowest BCUT2D eigenvalue weighted by Crippen LogP contribution is -2.35. The molecule has 2 aromatic heterocycles. The first-order valence-corrected chi connectivity index (χ1v) is 8.71. The van der Waals surface area contributed by atoms with Gasteiger partial charge in [0.1, 0.15) is 5.58 Å². The number of aryl methyl sites for hydroxylation is 1. The average molecular weight is 327 g/mol. The van der Waals surface area contributed by atoms with Crippen molar-refractivity contribution in [2.75, 3.05) is 13.1 Å². The summed E-state index contributed by atoms with van der Waals surface area (Å²) in [6.07, 6.45) is 3.30. The molecule has 1 amide bonds. The Morgan fingerprint density at radius 3 is 2.70 bits per heavy atom. The molecule has 1 aromatic carbocycles. The maximum atomic E-state index is 12.7. The van der Waals surface area contributed by atoms with Gasteiger partial charge in [-0.25, -0.2) is 4.79 Å². The molecule has 0 aliphatic carbocycles. The average Bonchev–Trinajstić information content (AvgIpc) is 3.02. The predicted octanol–water partition coefficient (Wildman–Crippen LogP) is 3.94. The van der Waals surface area contributed by atoms with Crippen LogP contribution in [0.5, 0.6) is 0 Å². The van der Waals surface area contributed by atoms with Crippen molar-refractivity contribution in [2.24, 2.45) is 0 Å². The van der Waals surface area contributed by atoms with Crippen molar-refractivity contribution < 1.29 is 9.21 Å². The Kier molecular flexibility index (Phi) is 3.45. The maximum absolute atomic E-state index is 12.7. The lowest BCUT2D eigenvalue weighted by Gasteiger charge is -2.26. The Morgan fingerprint density at radius 1 is 1.13 bits per heavy atom. The van der Waals surface area contributed by atoms with E-state index in [9.17, 15) is 9.59 Å². The smallest absolute Gasteiger partial charge is 0.345 e. The van der Waals surface area contributed by atoms with Crippen molar-refractivity contribution in [2.45, 2.75) is 26.2 Å². The number of nitrogens with zero attached hydrogens (tertiary/aromatic N) is 1. The number of hydrogen-bond donors (Lipinski definition) is 0. The lowest BCUT2D eigenvalue weighted by molar-refractivity contribution is 0.0729. The molecule has 118 valence electrons. The minimum atomic E-state index is -0.370. The Morgan fingerprint density at radius 2 is 1.91 bits per heavy atom. The fourth-order valence-corrected chi connectivity index (χ4v) is 4.30. The number of likely N-dealkylation sites (tertiary alicyclic amines) is 1. The molecule has 0 saturated carbocycles. The van der Waals surface area contributed by atoms with Gasteiger partial charge in [-0.15, -0.1) is 11.3 Å². The van der Waals surface area contributed by atoms with E-state index >= 15 is 0 Å². The Balaban J connectivity index is 1.88. The predicted molar refractivity (Wildman–Crippen MR) is 92.4 cm³/mol. The van der Waals surface area contributed by atoms with Crippen LogP contribution in [0.1, 0.15) is 34.5 Å². The fourth-order valence-electron chi connectivity index (χ4n) is 3.17. The molecule has 1 aliphatic rings. The number of benzene rings is 1. The molecule has 0 spiro atoms. The van der Waals surface area contributed by atoms with E-state index in [0.29, 0.717) is 15.8 Å². The Hall–Kier alpha value is -2.14. The van der Waals surface area contributed by atoms with Crippen LogP contribution in [0, 0.1) is 6.92 Å². The molecule has 0 bridgehead atoms. The van der Waals surface area contributed by atoms with Gasteiger partial charge in [-0.05, 0) is 44.4 Å². The summed E-state index contributed by atoms with van der Waals surface area (Å²) in [7, 11) is 0.